The number of amides is 1. The number of hydrogen-bond donors (Lipinski definition) is 1. The van der Waals surface area contributed by atoms with Crippen molar-refractivity contribution in [3.63, 3.8) is 0 Å². The van der Waals surface area contributed by atoms with Gasteiger partial charge in [-0.25, -0.2) is 0 Å². The van der Waals surface area contributed by atoms with E-state index in [0.29, 0.717) is 23.7 Å². The summed E-state index contributed by atoms with van der Waals surface area (Å²) >= 11 is 0. The molecule has 1 aliphatic heterocycles. The van der Waals surface area contributed by atoms with Crippen LogP contribution in [0.15, 0.2) is 42.0 Å². The van der Waals surface area contributed by atoms with Gasteiger partial charge in [0.2, 0.25) is 0 Å². The third-order valence-corrected chi connectivity index (χ3v) is 4.12. The number of nitrogens with one attached hydrogen (secondary N) is 1. The van der Waals surface area contributed by atoms with E-state index < -0.39 is 0 Å². The molecule has 0 bridgehead atoms. The van der Waals surface area contributed by atoms with Crippen molar-refractivity contribution in [3.8, 4) is 17.2 Å². The summed E-state index contributed by atoms with van der Waals surface area (Å²) < 4.78 is 17.1. The van der Waals surface area contributed by atoms with Gasteiger partial charge in [0, 0.05) is 11.3 Å². The number of ether oxygens (including phenoxy) is 3. The molecule has 0 radical (unpaired) electrons. The van der Waals surface area contributed by atoms with Crippen LogP contribution in [-0.2, 0) is 4.79 Å². The van der Waals surface area contributed by atoms with E-state index in [0.717, 1.165) is 22.6 Å². The van der Waals surface area contributed by atoms with E-state index in [9.17, 15) is 4.79 Å². The van der Waals surface area contributed by atoms with Gasteiger partial charge in [-0.3, -0.25) is 4.79 Å². The third-order valence-electron chi connectivity index (χ3n) is 4.12. The van der Waals surface area contributed by atoms with E-state index in [1.54, 1.807) is 0 Å². The largest absolute Gasteiger partial charge is 0.491 e. The average molecular weight is 367 g/mol. The summed E-state index contributed by atoms with van der Waals surface area (Å²) in [5.74, 6) is 1.99. The minimum atomic E-state index is -0.178. The fourth-order valence-corrected chi connectivity index (χ4v) is 2.90. The molecule has 0 unspecified atom stereocenters. The van der Waals surface area contributed by atoms with Crippen LogP contribution in [-0.4, -0.2) is 25.2 Å². The lowest BCUT2D eigenvalue weighted by Gasteiger charge is -2.20. The van der Waals surface area contributed by atoms with Gasteiger partial charge in [-0.05, 0) is 63.6 Å². The summed E-state index contributed by atoms with van der Waals surface area (Å²) in [5.41, 5.74) is 3.11. The molecule has 1 aliphatic rings. The van der Waals surface area contributed by atoms with Crippen LogP contribution in [0.25, 0.3) is 6.08 Å². The lowest BCUT2D eigenvalue weighted by molar-refractivity contribution is -0.113. The number of benzene rings is 2. The standard InChI is InChI=1S/C22H25NO4/c1-5-25-20-8-6-7-16-12-17(13-26-21(16)20)22(24)23-19-10-9-18(11-15(19)4)27-14(2)3/h6-12,14H,5,13H2,1-4H3,(H,23,24). The van der Waals surface area contributed by atoms with Crippen molar-refractivity contribution in [1.29, 1.82) is 0 Å². The first kappa shape index (κ1) is 18.8. The van der Waals surface area contributed by atoms with Crippen molar-refractivity contribution in [2.75, 3.05) is 18.5 Å². The molecule has 2 aromatic carbocycles. The zero-order valence-electron chi connectivity index (χ0n) is 16.2. The van der Waals surface area contributed by atoms with Gasteiger partial charge in [0.05, 0.1) is 18.3 Å². The Morgan fingerprint density at radius 1 is 1.26 bits per heavy atom. The Hall–Kier alpha value is -2.95. The summed E-state index contributed by atoms with van der Waals surface area (Å²) in [6.45, 7) is 8.60. The van der Waals surface area contributed by atoms with Gasteiger partial charge in [0.1, 0.15) is 12.4 Å². The summed E-state index contributed by atoms with van der Waals surface area (Å²) in [5, 5.41) is 2.96. The highest BCUT2D eigenvalue weighted by Gasteiger charge is 2.20. The van der Waals surface area contributed by atoms with Gasteiger partial charge in [-0.1, -0.05) is 12.1 Å². The monoisotopic (exact) mass is 367 g/mol. The molecule has 0 aliphatic carbocycles. The molecule has 3 rings (SSSR count). The number of carbonyl (C=O) groups excluding carboxylic acids is 1. The fourth-order valence-electron chi connectivity index (χ4n) is 2.90. The van der Waals surface area contributed by atoms with E-state index in [2.05, 4.69) is 5.32 Å². The first-order chi connectivity index (χ1) is 13.0. The van der Waals surface area contributed by atoms with E-state index in [4.69, 9.17) is 14.2 Å². The van der Waals surface area contributed by atoms with Crippen molar-refractivity contribution in [2.45, 2.75) is 33.8 Å². The molecular formula is C22H25NO4. The van der Waals surface area contributed by atoms with E-state index in [1.165, 1.54) is 0 Å². The molecule has 0 atom stereocenters. The Bertz CT molecular complexity index is 871. The van der Waals surface area contributed by atoms with E-state index >= 15 is 0 Å². The molecule has 5 nitrogen and oxygen atoms in total. The normalized spacial score (nSPS) is 12.7. The predicted molar refractivity (Wildman–Crippen MR) is 107 cm³/mol. The molecule has 1 heterocycles. The van der Waals surface area contributed by atoms with Crippen molar-refractivity contribution in [3.05, 3.63) is 53.1 Å². The minimum absolute atomic E-state index is 0.107. The molecule has 142 valence electrons. The fraction of sp³-hybridized carbons (Fsp3) is 0.318. The number of anilines is 1. The second kappa shape index (κ2) is 8.16. The van der Waals surface area contributed by atoms with Gasteiger partial charge in [-0.15, -0.1) is 0 Å². The Morgan fingerprint density at radius 2 is 2.07 bits per heavy atom. The number of hydrogen-bond acceptors (Lipinski definition) is 4. The third kappa shape index (κ3) is 4.42. The van der Waals surface area contributed by atoms with Crippen LogP contribution in [0.3, 0.4) is 0 Å². The van der Waals surface area contributed by atoms with Gasteiger partial charge in [-0.2, -0.15) is 0 Å². The van der Waals surface area contributed by atoms with Crippen LogP contribution in [0, 0.1) is 6.92 Å². The zero-order chi connectivity index (χ0) is 19.4. The van der Waals surface area contributed by atoms with Crippen molar-refractivity contribution in [1.82, 2.24) is 0 Å². The van der Waals surface area contributed by atoms with Crippen LogP contribution in [0.5, 0.6) is 17.2 Å². The molecule has 27 heavy (non-hydrogen) atoms. The molecule has 5 heteroatoms. The smallest absolute Gasteiger partial charge is 0.255 e. The van der Waals surface area contributed by atoms with Crippen molar-refractivity contribution >= 4 is 17.7 Å². The molecule has 1 amide bonds. The number of fused-ring (bicyclic) bond motifs is 1. The highest BCUT2D eigenvalue weighted by molar-refractivity contribution is 6.08. The summed E-state index contributed by atoms with van der Waals surface area (Å²) in [6.07, 6.45) is 1.96. The number of para-hydroxylation sites is 1. The van der Waals surface area contributed by atoms with Gasteiger partial charge >= 0.3 is 0 Å². The van der Waals surface area contributed by atoms with Gasteiger partial charge in [0.25, 0.3) is 5.91 Å². The second-order valence-electron chi connectivity index (χ2n) is 6.66. The van der Waals surface area contributed by atoms with Gasteiger partial charge in [0.15, 0.2) is 11.5 Å². The Labute approximate surface area is 159 Å². The topological polar surface area (TPSA) is 56.8 Å². The Morgan fingerprint density at radius 3 is 2.78 bits per heavy atom. The second-order valence-corrected chi connectivity index (χ2v) is 6.66. The van der Waals surface area contributed by atoms with Crippen LogP contribution >= 0.6 is 0 Å². The Kier molecular flexibility index (Phi) is 5.69. The average Bonchev–Trinajstić information content (AvgIpc) is 2.63. The van der Waals surface area contributed by atoms with Crippen LogP contribution in [0.1, 0.15) is 31.9 Å². The van der Waals surface area contributed by atoms with Crippen molar-refractivity contribution in [2.24, 2.45) is 0 Å². The SMILES string of the molecule is CCOc1cccc2c1OCC(C(=O)Nc1ccc(OC(C)C)cc1C)=C2. The van der Waals surface area contributed by atoms with Crippen LogP contribution in [0.4, 0.5) is 5.69 Å². The maximum atomic E-state index is 12.7. The number of aryl methyl sites for hydroxylation is 1. The molecule has 0 fully saturated rings. The first-order valence-electron chi connectivity index (χ1n) is 9.15. The number of carbonyl (C=O) groups is 1. The zero-order valence-corrected chi connectivity index (χ0v) is 16.2. The van der Waals surface area contributed by atoms with E-state index in [-0.39, 0.29) is 18.6 Å². The highest BCUT2D eigenvalue weighted by atomic mass is 16.5. The summed E-state index contributed by atoms with van der Waals surface area (Å²) in [7, 11) is 0. The predicted octanol–water partition coefficient (Wildman–Crippen LogP) is 4.60. The summed E-state index contributed by atoms with van der Waals surface area (Å²) in [4.78, 5) is 12.7. The lowest BCUT2D eigenvalue weighted by Crippen LogP contribution is -2.22. The number of rotatable bonds is 6. The highest BCUT2D eigenvalue weighted by Crippen LogP contribution is 2.36. The van der Waals surface area contributed by atoms with Crippen LogP contribution < -0.4 is 19.5 Å². The molecule has 1 N–H and O–H groups in total. The minimum Gasteiger partial charge on any atom is -0.491 e. The summed E-state index contributed by atoms with van der Waals surface area (Å²) in [6, 6.07) is 11.3. The Balaban J connectivity index is 1.76. The molecule has 0 saturated heterocycles. The molecule has 0 saturated carbocycles. The maximum Gasteiger partial charge on any atom is 0.255 e. The van der Waals surface area contributed by atoms with Crippen molar-refractivity contribution < 1.29 is 19.0 Å². The first-order valence-corrected chi connectivity index (χ1v) is 9.15. The van der Waals surface area contributed by atoms with E-state index in [1.807, 2.05) is 70.2 Å². The maximum absolute atomic E-state index is 12.7. The quantitative estimate of drug-likeness (QED) is 0.811. The molecule has 0 spiro atoms. The molecular weight excluding hydrogens is 342 g/mol. The molecule has 2 aromatic rings. The lowest BCUT2D eigenvalue weighted by atomic mass is 10.1. The molecule has 0 aromatic heterocycles. The van der Waals surface area contributed by atoms with Gasteiger partial charge < -0.3 is 19.5 Å². The van der Waals surface area contributed by atoms with Crippen LogP contribution in [0.2, 0.25) is 0 Å².